The van der Waals surface area contributed by atoms with Crippen molar-refractivity contribution in [2.75, 3.05) is 6.61 Å². The lowest BCUT2D eigenvalue weighted by Crippen LogP contribution is -2.05. The van der Waals surface area contributed by atoms with Gasteiger partial charge >= 0.3 is 5.97 Å². The summed E-state index contributed by atoms with van der Waals surface area (Å²) in [6, 6.07) is 0. The van der Waals surface area contributed by atoms with Crippen LogP contribution in [-0.2, 0) is 9.53 Å². The highest BCUT2D eigenvalue weighted by atomic mass is 16.5. The summed E-state index contributed by atoms with van der Waals surface area (Å²) in [7, 11) is 0. The lowest BCUT2D eigenvalue weighted by molar-refractivity contribution is -0.143. The third kappa shape index (κ3) is 11.0. The summed E-state index contributed by atoms with van der Waals surface area (Å²) in [6.07, 6.45) is 12.7. The molecule has 0 amide bonds. The van der Waals surface area contributed by atoms with Crippen LogP contribution in [0.15, 0.2) is 0 Å². The Labute approximate surface area is 93.4 Å². The molecular formula is C13H22O2. The molecule has 15 heavy (non-hydrogen) atoms. The van der Waals surface area contributed by atoms with E-state index in [9.17, 15) is 4.79 Å². The predicted molar refractivity (Wildman–Crippen MR) is 62.4 cm³/mol. The maximum atomic E-state index is 11.2. The van der Waals surface area contributed by atoms with Crippen molar-refractivity contribution < 1.29 is 9.53 Å². The molecule has 0 atom stereocenters. The van der Waals surface area contributed by atoms with Crippen molar-refractivity contribution in [2.24, 2.45) is 0 Å². The Morgan fingerprint density at radius 3 is 2.67 bits per heavy atom. The second-order valence-electron chi connectivity index (χ2n) is 3.69. The molecule has 0 aromatic carbocycles. The molecular weight excluding hydrogens is 188 g/mol. The fourth-order valence-corrected chi connectivity index (χ4v) is 1.28. The van der Waals surface area contributed by atoms with E-state index in [1.807, 2.05) is 0 Å². The van der Waals surface area contributed by atoms with Crippen molar-refractivity contribution in [3.8, 4) is 12.3 Å². The third-order valence-corrected chi connectivity index (χ3v) is 2.21. The zero-order valence-electron chi connectivity index (χ0n) is 9.76. The molecule has 2 nitrogen and oxygen atoms in total. The minimum absolute atomic E-state index is 0.0801. The van der Waals surface area contributed by atoms with Gasteiger partial charge in [-0.25, -0.2) is 0 Å². The number of hydrogen-bond acceptors (Lipinski definition) is 2. The zero-order valence-corrected chi connectivity index (χ0v) is 9.76. The summed E-state index contributed by atoms with van der Waals surface area (Å²) in [4.78, 5) is 11.2. The SMILES string of the molecule is C#CCCCCC(=O)OCCCCCC. The predicted octanol–water partition coefficient (Wildman–Crippen LogP) is 3.30. The number of carbonyl (C=O) groups excluding carboxylic acids is 1. The van der Waals surface area contributed by atoms with Gasteiger partial charge in [-0.3, -0.25) is 4.79 Å². The molecule has 0 aromatic rings. The summed E-state index contributed by atoms with van der Waals surface area (Å²) >= 11 is 0. The van der Waals surface area contributed by atoms with Gasteiger partial charge in [0.1, 0.15) is 0 Å². The number of ether oxygens (including phenoxy) is 1. The van der Waals surface area contributed by atoms with Crippen LogP contribution in [0.2, 0.25) is 0 Å². The van der Waals surface area contributed by atoms with Crippen LogP contribution < -0.4 is 0 Å². The van der Waals surface area contributed by atoms with Crippen LogP contribution in [0.25, 0.3) is 0 Å². The molecule has 86 valence electrons. The van der Waals surface area contributed by atoms with Gasteiger partial charge < -0.3 is 4.74 Å². The minimum Gasteiger partial charge on any atom is -0.466 e. The molecule has 0 radical (unpaired) electrons. The fourth-order valence-electron chi connectivity index (χ4n) is 1.28. The van der Waals surface area contributed by atoms with E-state index in [0.29, 0.717) is 13.0 Å². The van der Waals surface area contributed by atoms with E-state index < -0.39 is 0 Å². The van der Waals surface area contributed by atoms with Gasteiger partial charge in [-0.05, 0) is 19.3 Å². The van der Waals surface area contributed by atoms with Crippen LogP contribution >= 0.6 is 0 Å². The molecule has 0 fully saturated rings. The molecule has 0 unspecified atom stereocenters. The number of carbonyl (C=O) groups is 1. The van der Waals surface area contributed by atoms with Gasteiger partial charge in [0.2, 0.25) is 0 Å². The largest absolute Gasteiger partial charge is 0.466 e. The Bertz CT molecular complexity index is 191. The number of rotatable bonds is 9. The Hall–Kier alpha value is -0.970. The molecule has 0 heterocycles. The normalized spacial score (nSPS) is 9.60. The van der Waals surface area contributed by atoms with E-state index in [-0.39, 0.29) is 5.97 Å². The average Bonchev–Trinajstić information content (AvgIpc) is 2.24. The summed E-state index contributed by atoms with van der Waals surface area (Å²) < 4.78 is 5.08. The number of unbranched alkanes of at least 4 members (excludes halogenated alkanes) is 5. The summed E-state index contributed by atoms with van der Waals surface area (Å²) in [6.45, 7) is 2.74. The number of terminal acetylenes is 1. The van der Waals surface area contributed by atoms with Crippen molar-refractivity contribution in [1.29, 1.82) is 0 Å². The van der Waals surface area contributed by atoms with Crippen LogP contribution in [0, 0.1) is 12.3 Å². The van der Waals surface area contributed by atoms with Gasteiger partial charge in [0.25, 0.3) is 0 Å². The highest BCUT2D eigenvalue weighted by Gasteiger charge is 2.01. The first kappa shape index (κ1) is 14.0. The first-order chi connectivity index (χ1) is 7.31. The standard InChI is InChI=1S/C13H22O2/c1-3-5-7-9-11-13(14)15-12-10-8-6-4-2/h1H,4-12H2,2H3. The Balaban J connectivity index is 3.16. The van der Waals surface area contributed by atoms with Crippen LogP contribution in [0.4, 0.5) is 0 Å². The summed E-state index contributed by atoms with van der Waals surface area (Å²) in [5.74, 6) is 2.48. The van der Waals surface area contributed by atoms with E-state index in [0.717, 1.165) is 32.1 Å². The molecule has 2 heteroatoms. The molecule has 0 saturated heterocycles. The molecule has 0 spiro atoms. The number of hydrogen-bond donors (Lipinski definition) is 0. The van der Waals surface area contributed by atoms with Gasteiger partial charge in [0.15, 0.2) is 0 Å². The van der Waals surface area contributed by atoms with Gasteiger partial charge in [-0.1, -0.05) is 26.2 Å². The summed E-state index contributed by atoms with van der Waals surface area (Å²) in [5.41, 5.74) is 0. The van der Waals surface area contributed by atoms with Gasteiger partial charge in [0, 0.05) is 12.8 Å². The molecule has 0 aliphatic heterocycles. The number of esters is 1. The van der Waals surface area contributed by atoms with E-state index in [4.69, 9.17) is 11.2 Å². The first-order valence-corrected chi connectivity index (χ1v) is 5.90. The van der Waals surface area contributed by atoms with Crippen molar-refractivity contribution in [2.45, 2.75) is 58.3 Å². The topological polar surface area (TPSA) is 26.3 Å². The molecule has 0 rings (SSSR count). The smallest absolute Gasteiger partial charge is 0.305 e. The monoisotopic (exact) mass is 210 g/mol. The fraction of sp³-hybridized carbons (Fsp3) is 0.769. The van der Waals surface area contributed by atoms with Gasteiger partial charge in [-0.15, -0.1) is 12.3 Å². The van der Waals surface area contributed by atoms with Crippen molar-refractivity contribution in [1.82, 2.24) is 0 Å². The molecule has 0 saturated carbocycles. The maximum absolute atomic E-state index is 11.2. The maximum Gasteiger partial charge on any atom is 0.305 e. The van der Waals surface area contributed by atoms with E-state index in [1.165, 1.54) is 12.8 Å². The molecule has 0 N–H and O–H groups in total. The van der Waals surface area contributed by atoms with Crippen LogP contribution in [0.3, 0.4) is 0 Å². The van der Waals surface area contributed by atoms with Crippen LogP contribution in [-0.4, -0.2) is 12.6 Å². The minimum atomic E-state index is -0.0801. The van der Waals surface area contributed by atoms with E-state index in [2.05, 4.69) is 12.8 Å². The Morgan fingerprint density at radius 2 is 2.00 bits per heavy atom. The van der Waals surface area contributed by atoms with Crippen molar-refractivity contribution in [3.05, 3.63) is 0 Å². The van der Waals surface area contributed by atoms with Crippen molar-refractivity contribution >= 4 is 5.97 Å². The second-order valence-corrected chi connectivity index (χ2v) is 3.69. The lowest BCUT2D eigenvalue weighted by atomic mass is 10.2. The van der Waals surface area contributed by atoms with Crippen molar-refractivity contribution in [3.63, 3.8) is 0 Å². The highest BCUT2D eigenvalue weighted by Crippen LogP contribution is 2.03. The molecule has 0 aliphatic carbocycles. The zero-order chi connectivity index (χ0) is 11.4. The van der Waals surface area contributed by atoms with Crippen LogP contribution in [0.5, 0.6) is 0 Å². The third-order valence-electron chi connectivity index (χ3n) is 2.21. The van der Waals surface area contributed by atoms with E-state index >= 15 is 0 Å². The lowest BCUT2D eigenvalue weighted by Gasteiger charge is -2.03. The van der Waals surface area contributed by atoms with E-state index in [1.54, 1.807) is 0 Å². The quantitative estimate of drug-likeness (QED) is 0.331. The second kappa shape index (κ2) is 11.1. The Morgan fingerprint density at radius 1 is 1.20 bits per heavy atom. The Kier molecular flexibility index (Phi) is 10.4. The average molecular weight is 210 g/mol. The molecule has 0 aliphatic rings. The highest BCUT2D eigenvalue weighted by molar-refractivity contribution is 5.69. The molecule has 0 bridgehead atoms. The summed E-state index contributed by atoms with van der Waals surface area (Å²) in [5, 5.41) is 0. The molecule has 0 aromatic heterocycles. The van der Waals surface area contributed by atoms with Gasteiger partial charge in [0.05, 0.1) is 6.61 Å². The van der Waals surface area contributed by atoms with Gasteiger partial charge in [-0.2, -0.15) is 0 Å². The van der Waals surface area contributed by atoms with Crippen LogP contribution in [0.1, 0.15) is 58.3 Å². The first-order valence-electron chi connectivity index (χ1n) is 5.90.